The minimum atomic E-state index is -0.0627. The number of carbonyl (C=O) groups excluding carboxylic acids is 1. The van der Waals surface area contributed by atoms with Crippen LogP contribution in [-0.4, -0.2) is 68.0 Å². The second-order valence-electron chi connectivity index (χ2n) is 6.62. The van der Waals surface area contributed by atoms with Gasteiger partial charge < -0.3 is 24.3 Å². The number of benzene rings is 1. The van der Waals surface area contributed by atoms with E-state index in [4.69, 9.17) is 15.6 Å². The number of rotatable bonds is 6. The van der Waals surface area contributed by atoms with Gasteiger partial charge in [-0.2, -0.15) is 0 Å². The molecule has 2 heterocycles. The smallest absolute Gasteiger partial charge is 0.289 e. The second-order valence-corrected chi connectivity index (χ2v) is 6.62. The molecule has 1 fully saturated rings. The highest BCUT2D eigenvalue weighted by atomic mass is 127. The van der Waals surface area contributed by atoms with Gasteiger partial charge in [-0.25, -0.2) is 0 Å². The molecule has 0 aliphatic carbocycles. The average Bonchev–Trinajstić information content (AvgIpc) is 3.31. The Balaban J connectivity index is 0.00000320. The number of aliphatic imine (C=N–C) groups is 1. The number of amides is 1. The average molecular weight is 522 g/mol. The van der Waals surface area contributed by atoms with Gasteiger partial charge in [-0.05, 0) is 36.2 Å². The number of hydrogen-bond acceptors (Lipinski definition) is 4. The first-order valence-electron chi connectivity index (χ1n) is 9.65. The van der Waals surface area contributed by atoms with Crippen LogP contribution in [0.25, 0.3) is 0 Å². The summed E-state index contributed by atoms with van der Waals surface area (Å²) in [6.45, 7) is 3.78. The summed E-state index contributed by atoms with van der Waals surface area (Å²) in [5.74, 6) is 4.40. The number of nitrogens with zero attached hydrogens (tertiary/aromatic N) is 3. The molecular formula is C22H27IN4O3. The van der Waals surface area contributed by atoms with Crippen LogP contribution in [0.5, 0.6) is 5.75 Å². The lowest BCUT2D eigenvalue weighted by atomic mass is 10.1. The van der Waals surface area contributed by atoms with Crippen molar-refractivity contribution in [3.05, 3.63) is 54.0 Å². The molecule has 160 valence electrons. The molecule has 7 nitrogen and oxygen atoms in total. The van der Waals surface area contributed by atoms with Crippen molar-refractivity contribution in [2.45, 2.75) is 6.42 Å². The Morgan fingerprint density at radius 3 is 2.50 bits per heavy atom. The first-order valence-corrected chi connectivity index (χ1v) is 9.65. The Labute approximate surface area is 194 Å². The van der Waals surface area contributed by atoms with Crippen LogP contribution in [0.15, 0.2) is 52.1 Å². The number of hydrogen-bond donors (Lipinski definition) is 1. The first-order chi connectivity index (χ1) is 14.2. The number of guanidine groups is 1. The number of carbonyl (C=O) groups is 1. The highest BCUT2D eigenvalue weighted by Crippen LogP contribution is 2.12. The van der Waals surface area contributed by atoms with Crippen LogP contribution in [0.4, 0.5) is 0 Å². The third-order valence-electron chi connectivity index (χ3n) is 4.75. The monoisotopic (exact) mass is 522 g/mol. The Bertz CT molecular complexity index is 852. The molecule has 1 aromatic heterocycles. The topological polar surface area (TPSA) is 70.3 Å². The lowest BCUT2D eigenvalue weighted by molar-refractivity contribution is 0.0658. The molecular weight excluding hydrogens is 495 g/mol. The minimum Gasteiger partial charge on any atom is -0.481 e. The lowest BCUT2D eigenvalue weighted by Crippen LogP contribution is -2.53. The van der Waals surface area contributed by atoms with E-state index in [1.807, 2.05) is 29.2 Å². The zero-order chi connectivity index (χ0) is 20.5. The van der Waals surface area contributed by atoms with Crippen molar-refractivity contribution in [3.63, 3.8) is 0 Å². The van der Waals surface area contributed by atoms with Crippen molar-refractivity contribution in [2.75, 3.05) is 46.4 Å². The van der Waals surface area contributed by atoms with Crippen molar-refractivity contribution in [3.8, 4) is 18.1 Å². The zero-order valence-corrected chi connectivity index (χ0v) is 19.4. The fourth-order valence-corrected chi connectivity index (χ4v) is 3.21. The minimum absolute atomic E-state index is 0. The van der Waals surface area contributed by atoms with Crippen molar-refractivity contribution < 1.29 is 13.9 Å². The summed E-state index contributed by atoms with van der Waals surface area (Å²) in [5, 5.41) is 3.40. The Morgan fingerprint density at radius 1 is 1.20 bits per heavy atom. The molecule has 8 heteroatoms. The summed E-state index contributed by atoms with van der Waals surface area (Å²) in [6, 6.07) is 11.4. The SMILES string of the molecule is C#CCOc1ccc(CCNC(=NC)N2CCN(C(=O)c3ccco3)CC2)cc1.I. The molecule has 2 aromatic rings. The third kappa shape index (κ3) is 6.42. The van der Waals surface area contributed by atoms with Gasteiger partial charge in [0.1, 0.15) is 12.4 Å². The highest BCUT2D eigenvalue weighted by Gasteiger charge is 2.24. The Morgan fingerprint density at radius 2 is 1.90 bits per heavy atom. The van der Waals surface area contributed by atoms with E-state index in [-0.39, 0.29) is 36.5 Å². The van der Waals surface area contributed by atoms with E-state index in [1.54, 1.807) is 19.2 Å². The lowest BCUT2D eigenvalue weighted by Gasteiger charge is -2.36. The molecule has 30 heavy (non-hydrogen) atoms. The van der Waals surface area contributed by atoms with Crippen LogP contribution in [0, 0.1) is 12.3 Å². The summed E-state index contributed by atoms with van der Waals surface area (Å²) >= 11 is 0. The van der Waals surface area contributed by atoms with E-state index in [1.165, 1.54) is 11.8 Å². The molecule has 0 atom stereocenters. The number of furan rings is 1. The number of ether oxygens (including phenoxy) is 1. The standard InChI is InChI=1S/C22H26N4O3.HI/c1-3-16-28-19-8-6-18(7-9-19)10-11-24-22(23-2)26-14-12-25(13-15-26)21(27)20-5-4-17-29-20;/h1,4-9,17H,10-16H2,2H3,(H,23,24);1H. The molecule has 0 saturated carbocycles. The van der Waals surface area contributed by atoms with Crippen LogP contribution >= 0.6 is 24.0 Å². The van der Waals surface area contributed by atoms with Crippen molar-refractivity contribution >= 4 is 35.8 Å². The van der Waals surface area contributed by atoms with Gasteiger partial charge in [0, 0.05) is 39.8 Å². The zero-order valence-electron chi connectivity index (χ0n) is 17.0. The molecule has 1 N–H and O–H groups in total. The first kappa shape index (κ1) is 23.6. The number of halogens is 1. The second kappa shape index (κ2) is 12.1. The van der Waals surface area contributed by atoms with Crippen molar-refractivity contribution in [2.24, 2.45) is 4.99 Å². The predicted molar refractivity (Wildman–Crippen MR) is 127 cm³/mol. The summed E-state index contributed by atoms with van der Waals surface area (Å²) in [6.07, 6.45) is 7.58. The van der Waals surface area contributed by atoms with Crippen LogP contribution in [0.3, 0.4) is 0 Å². The maximum Gasteiger partial charge on any atom is 0.289 e. The molecule has 0 spiro atoms. The Hall–Kier alpha value is -2.67. The van der Waals surface area contributed by atoms with Gasteiger partial charge in [-0.15, -0.1) is 30.4 Å². The summed E-state index contributed by atoms with van der Waals surface area (Å²) in [5.41, 5.74) is 1.20. The van der Waals surface area contributed by atoms with Gasteiger partial charge in [-0.1, -0.05) is 18.1 Å². The maximum absolute atomic E-state index is 12.4. The van der Waals surface area contributed by atoms with E-state index in [0.717, 1.165) is 37.8 Å². The van der Waals surface area contributed by atoms with Gasteiger partial charge in [0.2, 0.25) is 0 Å². The molecule has 1 aliphatic heterocycles. The van der Waals surface area contributed by atoms with Crippen molar-refractivity contribution in [1.29, 1.82) is 0 Å². The maximum atomic E-state index is 12.4. The van der Waals surface area contributed by atoms with Crippen molar-refractivity contribution in [1.82, 2.24) is 15.1 Å². The van der Waals surface area contributed by atoms with Crippen LogP contribution in [-0.2, 0) is 6.42 Å². The van der Waals surface area contributed by atoms with Crippen LogP contribution < -0.4 is 10.1 Å². The summed E-state index contributed by atoms with van der Waals surface area (Å²) < 4.78 is 10.6. The van der Waals surface area contributed by atoms with E-state index in [2.05, 4.69) is 21.1 Å². The summed E-state index contributed by atoms with van der Waals surface area (Å²) in [7, 11) is 1.78. The van der Waals surface area contributed by atoms with Gasteiger partial charge >= 0.3 is 0 Å². The molecule has 0 bridgehead atoms. The molecule has 0 unspecified atom stereocenters. The molecule has 1 saturated heterocycles. The normalized spacial score (nSPS) is 13.9. The molecule has 0 radical (unpaired) electrons. The number of nitrogens with one attached hydrogen (secondary N) is 1. The summed E-state index contributed by atoms with van der Waals surface area (Å²) in [4.78, 5) is 20.7. The number of piperazine rings is 1. The van der Waals surface area contributed by atoms with E-state index in [9.17, 15) is 4.79 Å². The van der Waals surface area contributed by atoms with Gasteiger partial charge in [0.25, 0.3) is 5.91 Å². The predicted octanol–water partition coefficient (Wildman–Crippen LogP) is 2.49. The quantitative estimate of drug-likeness (QED) is 0.273. The van der Waals surface area contributed by atoms with E-state index in [0.29, 0.717) is 18.8 Å². The number of terminal acetylenes is 1. The molecule has 1 amide bonds. The largest absolute Gasteiger partial charge is 0.481 e. The van der Waals surface area contributed by atoms with Crippen LogP contribution in [0.1, 0.15) is 16.1 Å². The van der Waals surface area contributed by atoms with Crippen LogP contribution in [0.2, 0.25) is 0 Å². The fourth-order valence-electron chi connectivity index (χ4n) is 3.21. The van der Waals surface area contributed by atoms with E-state index >= 15 is 0 Å². The van der Waals surface area contributed by atoms with E-state index < -0.39 is 0 Å². The molecule has 1 aliphatic rings. The third-order valence-corrected chi connectivity index (χ3v) is 4.75. The van der Waals surface area contributed by atoms with Gasteiger partial charge in [0.05, 0.1) is 6.26 Å². The van der Waals surface area contributed by atoms with Gasteiger partial charge in [-0.3, -0.25) is 9.79 Å². The fraction of sp³-hybridized carbons (Fsp3) is 0.364. The molecule has 3 rings (SSSR count). The Kier molecular flexibility index (Phi) is 9.54. The van der Waals surface area contributed by atoms with Gasteiger partial charge in [0.15, 0.2) is 11.7 Å². The molecule has 1 aromatic carbocycles. The highest BCUT2D eigenvalue weighted by molar-refractivity contribution is 14.0.